The van der Waals surface area contributed by atoms with Crippen LogP contribution in [0.3, 0.4) is 0 Å². The van der Waals surface area contributed by atoms with Crippen molar-refractivity contribution >= 4 is 23.6 Å². The highest BCUT2D eigenvalue weighted by molar-refractivity contribution is 6.11. The Hall–Kier alpha value is -4.00. The summed E-state index contributed by atoms with van der Waals surface area (Å²) in [5.41, 5.74) is 0.833. The van der Waals surface area contributed by atoms with Gasteiger partial charge in [-0.2, -0.15) is 0 Å². The number of benzene rings is 2. The third kappa shape index (κ3) is 5.04. The summed E-state index contributed by atoms with van der Waals surface area (Å²) in [6.45, 7) is 0. The van der Waals surface area contributed by atoms with Gasteiger partial charge in [0.2, 0.25) is 0 Å². The molecule has 1 heterocycles. The van der Waals surface area contributed by atoms with E-state index in [4.69, 9.17) is 13.9 Å². The van der Waals surface area contributed by atoms with E-state index in [0.717, 1.165) is 0 Å². The van der Waals surface area contributed by atoms with Crippen molar-refractivity contribution < 1.29 is 23.5 Å². The summed E-state index contributed by atoms with van der Waals surface area (Å²) in [4.78, 5) is 25.5. The van der Waals surface area contributed by atoms with Gasteiger partial charge in [0.05, 0.1) is 26.2 Å². The zero-order valence-corrected chi connectivity index (χ0v) is 16.0. The Kier molecular flexibility index (Phi) is 6.32. The maximum atomic E-state index is 12.9. The maximum Gasteiger partial charge on any atom is 0.272 e. The van der Waals surface area contributed by atoms with Gasteiger partial charge in [-0.25, -0.2) is 0 Å². The number of anilines is 1. The number of hydrogen-bond acceptors (Lipinski definition) is 5. The number of nitrogens with one attached hydrogen (secondary N) is 2. The normalized spacial score (nSPS) is 10.9. The van der Waals surface area contributed by atoms with E-state index in [1.165, 1.54) is 26.6 Å². The van der Waals surface area contributed by atoms with Crippen molar-refractivity contribution in [2.24, 2.45) is 0 Å². The van der Waals surface area contributed by atoms with Crippen molar-refractivity contribution in [2.45, 2.75) is 0 Å². The molecule has 0 bridgehead atoms. The van der Waals surface area contributed by atoms with Crippen molar-refractivity contribution in [3.8, 4) is 11.5 Å². The Bertz CT molecular complexity index is 1010. The Labute approximate surface area is 167 Å². The molecule has 2 amide bonds. The number of carbonyl (C=O) groups is 2. The van der Waals surface area contributed by atoms with Crippen LogP contribution >= 0.6 is 0 Å². The van der Waals surface area contributed by atoms with Crippen molar-refractivity contribution in [2.75, 3.05) is 19.5 Å². The number of hydrogen-bond donors (Lipinski definition) is 2. The molecule has 2 N–H and O–H groups in total. The van der Waals surface area contributed by atoms with E-state index in [1.807, 2.05) is 0 Å². The minimum atomic E-state index is -0.544. The highest BCUT2D eigenvalue weighted by Gasteiger charge is 2.17. The molecule has 0 spiro atoms. The molecule has 0 aliphatic carbocycles. The Balaban J connectivity index is 1.88. The SMILES string of the molecule is COc1ccc(OC)c(NC(=O)/C(=C/c2ccco2)NC(=O)c2ccccc2)c1. The first kappa shape index (κ1) is 19.8. The molecule has 2 aromatic carbocycles. The zero-order valence-electron chi connectivity index (χ0n) is 16.0. The lowest BCUT2D eigenvalue weighted by atomic mass is 10.2. The molecule has 0 fully saturated rings. The van der Waals surface area contributed by atoms with E-state index in [2.05, 4.69) is 10.6 Å². The first-order valence-corrected chi connectivity index (χ1v) is 8.75. The number of amides is 2. The van der Waals surface area contributed by atoms with Gasteiger partial charge < -0.3 is 24.5 Å². The molecule has 0 aliphatic rings. The van der Waals surface area contributed by atoms with Crippen LogP contribution in [0.1, 0.15) is 16.1 Å². The number of furan rings is 1. The molecule has 0 aliphatic heterocycles. The van der Waals surface area contributed by atoms with Gasteiger partial charge in [-0.05, 0) is 36.4 Å². The van der Waals surface area contributed by atoms with Gasteiger partial charge in [0.15, 0.2) is 0 Å². The molecule has 148 valence electrons. The summed E-state index contributed by atoms with van der Waals surface area (Å²) in [5.74, 6) is 0.450. The fourth-order valence-electron chi connectivity index (χ4n) is 2.56. The predicted molar refractivity (Wildman–Crippen MR) is 109 cm³/mol. The first-order valence-electron chi connectivity index (χ1n) is 8.75. The third-order valence-corrected chi connectivity index (χ3v) is 4.01. The maximum absolute atomic E-state index is 12.9. The van der Waals surface area contributed by atoms with Crippen molar-refractivity contribution in [1.29, 1.82) is 0 Å². The lowest BCUT2D eigenvalue weighted by Gasteiger charge is -2.14. The van der Waals surface area contributed by atoms with Crippen LogP contribution in [0.4, 0.5) is 5.69 Å². The van der Waals surface area contributed by atoms with Crippen molar-refractivity contribution in [3.05, 3.63) is 83.9 Å². The smallest absolute Gasteiger partial charge is 0.272 e. The molecule has 0 radical (unpaired) electrons. The van der Waals surface area contributed by atoms with Gasteiger partial charge in [0, 0.05) is 17.7 Å². The van der Waals surface area contributed by atoms with Crippen molar-refractivity contribution in [1.82, 2.24) is 5.32 Å². The summed E-state index contributed by atoms with van der Waals surface area (Å²) in [7, 11) is 3.02. The van der Waals surface area contributed by atoms with Crippen LogP contribution in [0.25, 0.3) is 6.08 Å². The molecule has 1 aromatic heterocycles. The molecule has 7 heteroatoms. The van der Waals surface area contributed by atoms with Crippen LogP contribution in [0.15, 0.2) is 77.0 Å². The predicted octanol–water partition coefficient (Wildman–Crippen LogP) is 3.71. The molecule has 3 rings (SSSR count). The first-order chi connectivity index (χ1) is 14.1. The zero-order chi connectivity index (χ0) is 20.6. The van der Waals surface area contributed by atoms with E-state index in [9.17, 15) is 9.59 Å². The molecule has 0 atom stereocenters. The molecular weight excluding hydrogens is 372 g/mol. The van der Waals surface area contributed by atoms with E-state index in [0.29, 0.717) is 28.5 Å². The lowest BCUT2D eigenvalue weighted by Crippen LogP contribution is -2.30. The number of rotatable bonds is 7. The monoisotopic (exact) mass is 392 g/mol. The van der Waals surface area contributed by atoms with Gasteiger partial charge in [0.25, 0.3) is 11.8 Å². The van der Waals surface area contributed by atoms with Crippen LogP contribution < -0.4 is 20.1 Å². The van der Waals surface area contributed by atoms with E-state index < -0.39 is 11.8 Å². The van der Waals surface area contributed by atoms with Crippen LogP contribution in [0.5, 0.6) is 11.5 Å². The van der Waals surface area contributed by atoms with Gasteiger partial charge in [-0.1, -0.05) is 18.2 Å². The quantitative estimate of drug-likeness (QED) is 0.599. The number of ether oxygens (including phenoxy) is 2. The molecule has 7 nitrogen and oxygen atoms in total. The fourth-order valence-corrected chi connectivity index (χ4v) is 2.56. The Morgan fingerprint density at radius 3 is 2.41 bits per heavy atom. The summed E-state index contributed by atoms with van der Waals surface area (Å²) < 4.78 is 15.8. The fraction of sp³-hybridized carbons (Fsp3) is 0.0909. The second-order valence-electron chi connectivity index (χ2n) is 5.91. The average molecular weight is 392 g/mol. The Morgan fingerprint density at radius 2 is 1.76 bits per heavy atom. The molecule has 3 aromatic rings. The molecule has 0 unspecified atom stereocenters. The molecule has 0 saturated carbocycles. The van der Waals surface area contributed by atoms with E-state index in [1.54, 1.807) is 60.7 Å². The third-order valence-electron chi connectivity index (χ3n) is 4.01. The van der Waals surface area contributed by atoms with Gasteiger partial charge in [-0.15, -0.1) is 0 Å². The second kappa shape index (κ2) is 9.27. The summed E-state index contributed by atoms with van der Waals surface area (Å²) in [5, 5.41) is 5.37. The standard InChI is InChI=1S/C22H20N2O5/c1-27-16-10-11-20(28-2)18(13-16)23-22(26)19(14-17-9-6-12-29-17)24-21(25)15-7-4-3-5-8-15/h3-14H,1-2H3,(H,23,26)(H,24,25)/b19-14-. The van der Waals surface area contributed by atoms with E-state index in [-0.39, 0.29) is 5.70 Å². The van der Waals surface area contributed by atoms with Gasteiger partial charge in [0.1, 0.15) is 23.0 Å². The van der Waals surface area contributed by atoms with Crippen molar-refractivity contribution in [3.63, 3.8) is 0 Å². The highest BCUT2D eigenvalue weighted by Crippen LogP contribution is 2.29. The van der Waals surface area contributed by atoms with Crippen LogP contribution in [0.2, 0.25) is 0 Å². The molecular formula is C22H20N2O5. The van der Waals surface area contributed by atoms with Crippen LogP contribution in [-0.4, -0.2) is 26.0 Å². The second-order valence-corrected chi connectivity index (χ2v) is 5.91. The largest absolute Gasteiger partial charge is 0.497 e. The summed E-state index contributed by atoms with van der Waals surface area (Å²) in [6.07, 6.45) is 2.92. The minimum absolute atomic E-state index is 0.0127. The Morgan fingerprint density at radius 1 is 0.966 bits per heavy atom. The highest BCUT2D eigenvalue weighted by atomic mass is 16.5. The average Bonchev–Trinajstić information content (AvgIpc) is 3.27. The number of carbonyl (C=O) groups excluding carboxylic acids is 2. The molecule has 29 heavy (non-hydrogen) atoms. The van der Waals surface area contributed by atoms with Crippen LogP contribution in [-0.2, 0) is 4.79 Å². The minimum Gasteiger partial charge on any atom is -0.497 e. The van der Waals surface area contributed by atoms with Gasteiger partial charge >= 0.3 is 0 Å². The number of methoxy groups -OCH3 is 2. The van der Waals surface area contributed by atoms with Crippen LogP contribution in [0, 0.1) is 0 Å². The molecule has 0 saturated heterocycles. The summed E-state index contributed by atoms with van der Waals surface area (Å²) in [6, 6.07) is 17.0. The topological polar surface area (TPSA) is 89.8 Å². The van der Waals surface area contributed by atoms with Gasteiger partial charge in [-0.3, -0.25) is 9.59 Å². The summed E-state index contributed by atoms with van der Waals surface area (Å²) >= 11 is 0. The lowest BCUT2D eigenvalue weighted by molar-refractivity contribution is -0.113. The van der Waals surface area contributed by atoms with E-state index >= 15 is 0 Å².